The number of rotatable bonds is 13. The fraction of sp³-hybridized carbons (Fsp3) is 0.375. The van der Waals surface area contributed by atoms with Gasteiger partial charge in [0.15, 0.2) is 11.5 Å². The van der Waals surface area contributed by atoms with Gasteiger partial charge in [-0.2, -0.15) is 0 Å². The van der Waals surface area contributed by atoms with Gasteiger partial charge in [0, 0.05) is 28.7 Å². The summed E-state index contributed by atoms with van der Waals surface area (Å²) in [4.78, 5) is 28.9. The summed E-state index contributed by atoms with van der Waals surface area (Å²) in [5, 5.41) is 3.80. The van der Waals surface area contributed by atoms with Gasteiger partial charge in [-0.15, -0.1) is 0 Å². The molecule has 3 aromatic carbocycles. The minimum atomic E-state index is -4.44. The van der Waals surface area contributed by atoms with E-state index in [1.165, 1.54) is 56.6 Å². The SMILES string of the molecule is COc1ccc(S(=O)(=O)N(CC(=O)N(Cc2ccc(Cl)cc2)[C@@H](C)C(=O)NC2CCCC2)c2cc(Cl)ccc2OC)cc1OC. The quantitative estimate of drug-likeness (QED) is 0.247. The molecule has 1 fully saturated rings. The van der Waals surface area contributed by atoms with E-state index in [2.05, 4.69) is 5.32 Å². The molecule has 0 aliphatic heterocycles. The molecule has 13 heteroatoms. The molecule has 45 heavy (non-hydrogen) atoms. The normalized spacial score (nSPS) is 14.0. The van der Waals surface area contributed by atoms with E-state index in [9.17, 15) is 18.0 Å². The molecule has 4 rings (SSSR count). The number of carbonyl (C=O) groups excluding carboxylic acids is 2. The number of carbonyl (C=O) groups is 2. The van der Waals surface area contributed by atoms with Crippen LogP contribution in [0.4, 0.5) is 5.69 Å². The topological polar surface area (TPSA) is 114 Å². The molecule has 0 aromatic heterocycles. The number of nitrogens with zero attached hydrogens (tertiary/aromatic N) is 2. The van der Waals surface area contributed by atoms with Crippen LogP contribution in [0.3, 0.4) is 0 Å². The number of nitrogens with one attached hydrogen (secondary N) is 1. The zero-order valence-corrected chi connectivity index (χ0v) is 27.9. The highest BCUT2D eigenvalue weighted by molar-refractivity contribution is 7.92. The van der Waals surface area contributed by atoms with E-state index in [-0.39, 0.29) is 45.6 Å². The van der Waals surface area contributed by atoms with Crippen molar-refractivity contribution in [3.63, 3.8) is 0 Å². The van der Waals surface area contributed by atoms with Crippen molar-refractivity contribution >= 4 is 50.7 Å². The number of ether oxygens (including phenoxy) is 3. The average molecular weight is 679 g/mol. The Morgan fingerprint density at radius 3 is 2.09 bits per heavy atom. The lowest BCUT2D eigenvalue weighted by Gasteiger charge is -2.33. The van der Waals surface area contributed by atoms with Crippen molar-refractivity contribution in [1.82, 2.24) is 10.2 Å². The average Bonchev–Trinajstić information content (AvgIpc) is 3.55. The standard InChI is InChI=1S/C32H37Cl2N3O7S/c1-21(32(39)35-25-7-5-6-8-25)36(19-22-9-11-23(33)12-10-22)31(38)20-37(27-17-24(34)13-15-28(27)42-2)45(40,41)26-14-16-29(43-3)30(18-26)44-4/h9-18,21,25H,5-8,19-20H2,1-4H3,(H,35,39)/t21-/m0/s1. The molecule has 0 saturated heterocycles. The molecule has 0 heterocycles. The third kappa shape index (κ3) is 8.14. The van der Waals surface area contributed by atoms with Crippen LogP contribution >= 0.6 is 23.2 Å². The minimum absolute atomic E-state index is 0.0325. The minimum Gasteiger partial charge on any atom is -0.495 e. The molecule has 1 saturated carbocycles. The second-order valence-electron chi connectivity index (χ2n) is 10.7. The van der Waals surface area contributed by atoms with Gasteiger partial charge in [-0.05, 0) is 67.8 Å². The monoisotopic (exact) mass is 677 g/mol. The van der Waals surface area contributed by atoms with Gasteiger partial charge in [-0.1, -0.05) is 48.2 Å². The lowest BCUT2D eigenvalue weighted by molar-refractivity contribution is -0.139. The molecular weight excluding hydrogens is 641 g/mol. The Kier molecular flexibility index (Phi) is 11.5. The molecule has 0 spiro atoms. The van der Waals surface area contributed by atoms with Crippen LogP contribution in [-0.4, -0.2) is 65.1 Å². The van der Waals surface area contributed by atoms with Crippen molar-refractivity contribution in [2.45, 2.75) is 56.1 Å². The molecule has 0 unspecified atom stereocenters. The maximum atomic E-state index is 14.3. The first-order valence-corrected chi connectivity index (χ1v) is 16.6. The Hall–Kier alpha value is -3.67. The van der Waals surface area contributed by atoms with Crippen LogP contribution in [-0.2, 0) is 26.2 Å². The molecule has 2 amide bonds. The predicted molar refractivity (Wildman–Crippen MR) is 174 cm³/mol. The first-order valence-electron chi connectivity index (χ1n) is 14.4. The van der Waals surface area contributed by atoms with E-state index >= 15 is 0 Å². The number of hydrogen-bond acceptors (Lipinski definition) is 7. The van der Waals surface area contributed by atoms with Crippen LogP contribution < -0.4 is 23.8 Å². The number of amides is 2. The van der Waals surface area contributed by atoms with Crippen LogP contribution in [0.15, 0.2) is 65.6 Å². The highest BCUT2D eigenvalue weighted by Gasteiger charge is 2.35. The van der Waals surface area contributed by atoms with Crippen molar-refractivity contribution in [1.29, 1.82) is 0 Å². The van der Waals surface area contributed by atoms with Crippen LogP contribution in [0.1, 0.15) is 38.2 Å². The summed E-state index contributed by atoms with van der Waals surface area (Å²) in [7, 11) is -0.223. The van der Waals surface area contributed by atoms with Gasteiger partial charge in [0.05, 0.1) is 31.9 Å². The highest BCUT2D eigenvalue weighted by Crippen LogP contribution is 2.37. The molecule has 1 N–H and O–H groups in total. The number of sulfonamides is 1. The molecule has 242 valence electrons. The first-order chi connectivity index (χ1) is 21.5. The van der Waals surface area contributed by atoms with Crippen LogP contribution in [0.5, 0.6) is 17.2 Å². The first kappa shape index (κ1) is 34.2. The summed E-state index contributed by atoms with van der Waals surface area (Å²) < 4.78 is 45.7. The number of benzene rings is 3. The largest absolute Gasteiger partial charge is 0.495 e. The second-order valence-corrected chi connectivity index (χ2v) is 13.4. The lowest BCUT2D eigenvalue weighted by Crippen LogP contribution is -2.52. The van der Waals surface area contributed by atoms with E-state index in [1.54, 1.807) is 37.3 Å². The van der Waals surface area contributed by atoms with Crippen LogP contribution in [0.25, 0.3) is 0 Å². The van der Waals surface area contributed by atoms with Gasteiger partial charge in [-0.3, -0.25) is 13.9 Å². The van der Waals surface area contributed by atoms with Gasteiger partial charge in [0.25, 0.3) is 10.0 Å². The van der Waals surface area contributed by atoms with Crippen LogP contribution in [0, 0.1) is 0 Å². The fourth-order valence-electron chi connectivity index (χ4n) is 5.24. The molecular formula is C32H37Cl2N3O7S. The smallest absolute Gasteiger partial charge is 0.265 e. The summed E-state index contributed by atoms with van der Waals surface area (Å²) in [6.07, 6.45) is 3.79. The Morgan fingerprint density at radius 2 is 1.47 bits per heavy atom. The van der Waals surface area contributed by atoms with Crippen molar-refractivity contribution in [3.05, 3.63) is 76.3 Å². The Bertz CT molecular complexity index is 1610. The van der Waals surface area contributed by atoms with Gasteiger partial charge in [0.1, 0.15) is 18.3 Å². The summed E-state index contributed by atoms with van der Waals surface area (Å²) in [6, 6.07) is 14.6. The number of hydrogen-bond donors (Lipinski definition) is 1. The summed E-state index contributed by atoms with van der Waals surface area (Å²) >= 11 is 12.4. The van der Waals surface area contributed by atoms with E-state index < -0.39 is 28.5 Å². The van der Waals surface area contributed by atoms with E-state index in [1.807, 2.05) is 0 Å². The Balaban J connectivity index is 1.77. The maximum absolute atomic E-state index is 14.3. The van der Waals surface area contributed by atoms with E-state index in [0.717, 1.165) is 30.0 Å². The van der Waals surface area contributed by atoms with Gasteiger partial charge in [0.2, 0.25) is 11.8 Å². The molecule has 0 bridgehead atoms. The predicted octanol–water partition coefficient (Wildman–Crippen LogP) is 5.69. The molecule has 1 aliphatic carbocycles. The zero-order chi connectivity index (χ0) is 32.7. The maximum Gasteiger partial charge on any atom is 0.265 e. The van der Waals surface area contributed by atoms with E-state index in [0.29, 0.717) is 16.3 Å². The van der Waals surface area contributed by atoms with Crippen molar-refractivity contribution in [2.75, 3.05) is 32.2 Å². The lowest BCUT2D eigenvalue weighted by atomic mass is 10.1. The van der Waals surface area contributed by atoms with Gasteiger partial charge in [-0.25, -0.2) is 8.42 Å². The number of anilines is 1. The molecule has 10 nitrogen and oxygen atoms in total. The third-order valence-electron chi connectivity index (χ3n) is 7.77. The number of methoxy groups -OCH3 is 3. The van der Waals surface area contributed by atoms with Crippen molar-refractivity contribution in [2.24, 2.45) is 0 Å². The summed E-state index contributed by atoms with van der Waals surface area (Å²) in [6.45, 7) is 0.999. The van der Waals surface area contributed by atoms with Crippen LogP contribution in [0.2, 0.25) is 10.0 Å². The van der Waals surface area contributed by atoms with Gasteiger partial charge >= 0.3 is 0 Å². The third-order valence-corrected chi connectivity index (χ3v) is 10.0. The molecule has 1 aliphatic rings. The van der Waals surface area contributed by atoms with E-state index in [4.69, 9.17) is 37.4 Å². The summed E-state index contributed by atoms with van der Waals surface area (Å²) in [5.41, 5.74) is 0.755. The second kappa shape index (κ2) is 15.1. The molecule has 0 radical (unpaired) electrons. The van der Waals surface area contributed by atoms with Crippen molar-refractivity contribution < 1.29 is 32.2 Å². The molecule has 3 aromatic rings. The molecule has 1 atom stereocenters. The summed E-state index contributed by atoms with van der Waals surface area (Å²) in [5.74, 6) is -0.253. The fourth-order valence-corrected chi connectivity index (χ4v) is 6.96. The van der Waals surface area contributed by atoms with Crippen molar-refractivity contribution in [3.8, 4) is 17.2 Å². The zero-order valence-electron chi connectivity index (χ0n) is 25.6. The Labute approximate surface area is 274 Å². The Morgan fingerprint density at radius 1 is 0.867 bits per heavy atom. The number of halogens is 2. The highest BCUT2D eigenvalue weighted by atomic mass is 35.5. The van der Waals surface area contributed by atoms with Gasteiger partial charge < -0.3 is 24.4 Å².